The van der Waals surface area contributed by atoms with Crippen LogP contribution in [0.2, 0.25) is 5.02 Å². The van der Waals surface area contributed by atoms with Gasteiger partial charge in [0.15, 0.2) is 0 Å². The van der Waals surface area contributed by atoms with Crippen molar-refractivity contribution in [2.75, 3.05) is 0 Å². The van der Waals surface area contributed by atoms with Gasteiger partial charge in [-0.3, -0.25) is 4.98 Å². The molecule has 136 valence electrons. The molecule has 0 radical (unpaired) electrons. The Balaban J connectivity index is 1.69. The number of benzene rings is 2. The highest BCUT2D eigenvalue weighted by Gasteiger charge is 2.16. The molecule has 0 saturated heterocycles. The van der Waals surface area contributed by atoms with Gasteiger partial charge in [-0.2, -0.15) is 0 Å². The van der Waals surface area contributed by atoms with Crippen LogP contribution < -0.4 is 15.1 Å². The van der Waals surface area contributed by atoms with Crippen LogP contribution in [0.15, 0.2) is 58.2 Å². The zero-order valence-electron chi connectivity index (χ0n) is 13.2. The predicted octanol–water partition coefficient (Wildman–Crippen LogP) is 2.33. The molecule has 1 aromatic heterocycles. The summed E-state index contributed by atoms with van der Waals surface area (Å²) in [5.41, 5.74) is -0.582. The van der Waals surface area contributed by atoms with E-state index in [1.54, 1.807) is 24.3 Å². The first-order valence-electron chi connectivity index (χ1n) is 7.37. The summed E-state index contributed by atoms with van der Waals surface area (Å²) in [6, 6.07) is 12.5. The van der Waals surface area contributed by atoms with E-state index in [-0.39, 0.29) is 17.1 Å². The molecule has 0 unspecified atom stereocenters. The third-order valence-electron chi connectivity index (χ3n) is 3.40. The van der Waals surface area contributed by atoms with Crippen LogP contribution in [0.1, 0.15) is 5.69 Å². The van der Waals surface area contributed by atoms with E-state index < -0.39 is 21.6 Å². The van der Waals surface area contributed by atoms with Crippen LogP contribution in [0.4, 0.5) is 0 Å². The van der Waals surface area contributed by atoms with Crippen molar-refractivity contribution in [2.24, 2.45) is 0 Å². The highest BCUT2D eigenvalue weighted by Crippen LogP contribution is 2.24. The highest BCUT2D eigenvalue weighted by atomic mass is 35.5. The maximum Gasteiger partial charge on any atom is 0.326 e. The molecular formula is C16H14ClN3O5S. The average molecular weight is 396 g/mol. The molecule has 3 aromatic rings. The lowest BCUT2D eigenvalue weighted by molar-refractivity contribution is 0.447. The quantitative estimate of drug-likeness (QED) is 0.510. The molecular weight excluding hydrogens is 382 g/mol. The Labute approximate surface area is 153 Å². The van der Waals surface area contributed by atoms with Crippen LogP contribution in [0.25, 0.3) is 0 Å². The number of sulfonamides is 1. The highest BCUT2D eigenvalue weighted by molar-refractivity contribution is 7.89. The number of imidazole rings is 1. The molecule has 3 rings (SSSR count). The molecule has 0 spiro atoms. The van der Waals surface area contributed by atoms with Gasteiger partial charge in [-0.1, -0.05) is 11.6 Å². The molecule has 0 aliphatic rings. The molecule has 26 heavy (non-hydrogen) atoms. The Morgan fingerprint density at radius 2 is 1.58 bits per heavy atom. The minimum atomic E-state index is -3.83. The van der Waals surface area contributed by atoms with Gasteiger partial charge in [0.1, 0.15) is 11.5 Å². The van der Waals surface area contributed by atoms with Gasteiger partial charge in [-0.05, 0) is 48.5 Å². The lowest BCUT2D eigenvalue weighted by atomic mass is 10.3. The van der Waals surface area contributed by atoms with E-state index in [0.29, 0.717) is 16.5 Å². The second kappa shape index (κ2) is 7.24. The minimum Gasteiger partial charge on any atom is -0.493 e. The van der Waals surface area contributed by atoms with E-state index in [4.69, 9.17) is 16.3 Å². The van der Waals surface area contributed by atoms with Gasteiger partial charge >= 0.3 is 5.69 Å². The van der Waals surface area contributed by atoms with Gasteiger partial charge in [-0.15, -0.1) is 0 Å². The molecule has 0 aliphatic carbocycles. The number of aromatic hydroxyl groups is 1. The fourth-order valence-corrected chi connectivity index (χ4v) is 3.24. The summed E-state index contributed by atoms with van der Waals surface area (Å²) in [5.74, 6) is 0.610. The minimum absolute atomic E-state index is 0.0123. The third-order valence-corrected chi connectivity index (χ3v) is 5.07. The molecule has 0 atom stereocenters. The van der Waals surface area contributed by atoms with Gasteiger partial charge in [0.05, 0.1) is 17.1 Å². The van der Waals surface area contributed by atoms with Crippen molar-refractivity contribution in [3.63, 3.8) is 0 Å². The largest absolute Gasteiger partial charge is 0.493 e. The molecule has 0 fully saturated rings. The summed E-state index contributed by atoms with van der Waals surface area (Å²) >= 11 is 5.80. The van der Waals surface area contributed by atoms with Crippen LogP contribution in [-0.2, 0) is 16.6 Å². The van der Waals surface area contributed by atoms with Crippen LogP contribution >= 0.6 is 11.6 Å². The maximum absolute atomic E-state index is 12.3. The summed E-state index contributed by atoms with van der Waals surface area (Å²) in [6.45, 7) is -0.268. The number of halogens is 1. The Morgan fingerprint density at radius 1 is 1.00 bits per heavy atom. The van der Waals surface area contributed by atoms with Crippen molar-refractivity contribution in [1.82, 2.24) is 14.7 Å². The molecule has 8 nitrogen and oxygen atoms in total. The van der Waals surface area contributed by atoms with Crippen molar-refractivity contribution >= 4 is 21.6 Å². The van der Waals surface area contributed by atoms with Gasteiger partial charge in [0.2, 0.25) is 15.9 Å². The summed E-state index contributed by atoms with van der Waals surface area (Å²) in [7, 11) is -3.83. The number of hydrogen-bond donors (Lipinski definition) is 4. The molecule has 0 bridgehead atoms. The van der Waals surface area contributed by atoms with E-state index in [9.17, 15) is 18.3 Å². The number of rotatable bonds is 6. The monoisotopic (exact) mass is 395 g/mol. The number of ether oxygens (including phenoxy) is 1. The van der Waals surface area contributed by atoms with Gasteiger partial charge in [0.25, 0.3) is 0 Å². The number of aromatic amines is 2. The normalized spacial score (nSPS) is 11.4. The molecule has 0 saturated carbocycles. The number of nitrogens with one attached hydrogen (secondary N) is 3. The van der Waals surface area contributed by atoms with Crippen molar-refractivity contribution in [1.29, 1.82) is 0 Å². The van der Waals surface area contributed by atoms with E-state index in [1.165, 1.54) is 24.3 Å². The Kier molecular flexibility index (Phi) is 5.03. The average Bonchev–Trinajstić information content (AvgIpc) is 2.93. The smallest absolute Gasteiger partial charge is 0.326 e. The summed E-state index contributed by atoms with van der Waals surface area (Å²) in [4.78, 5) is 15.4. The summed E-state index contributed by atoms with van der Waals surface area (Å²) in [6.07, 6.45) is 0. The standard InChI is InChI=1S/C16H14ClN3O5S/c17-10-1-3-11(4-2-10)25-12-5-7-13(8-6-12)26(23,24)18-9-14-15(21)20-16(22)19-14/h1-8,18,21H,9H2,(H2,19,20,22). The van der Waals surface area contributed by atoms with E-state index in [2.05, 4.69) is 14.7 Å². The van der Waals surface area contributed by atoms with Gasteiger partial charge in [-0.25, -0.2) is 17.9 Å². The zero-order chi connectivity index (χ0) is 18.7. The second-order valence-corrected chi connectivity index (χ2v) is 7.46. The zero-order valence-corrected chi connectivity index (χ0v) is 14.8. The Hall–Kier alpha value is -2.75. The maximum atomic E-state index is 12.3. The van der Waals surface area contributed by atoms with Crippen molar-refractivity contribution in [3.8, 4) is 17.4 Å². The van der Waals surface area contributed by atoms with Crippen LogP contribution in [-0.4, -0.2) is 23.5 Å². The van der Waals surface area contributed by atoms with Crippen molar-refractivity contribution in [2.45, 2.75) is 11.4 Å². The summed E-state index contributed by atoms with van der Waals surface area (Å²) in [5, 5.41) is 10.0. The first kappa shape index (κ1) is 18.1. The lowest BCUT2D eigenvalue weighted by Crippen LogP contribution is -2.23. The Bertz CT molecular complexity index is 1060. The second-order valence-electron chi connectivity index (χ2n) is 5.26. The number of aromatic nitrogens is 2. The van der Waals surface area contributed by atoms with E-state index in [0.717, 1.165) is 0 Å². The van der Waals surface area contributed by atoms with Crippen LogP contribution in [0.3, 0.4) is 0 Å². The topological polar surface area (TPSA) is 124 Å². The van der Waals surface area contributed by atoms with Crippen molar-refractivity contribution in [3.05, 3.63) is 69.7 Å². The van der Waals surface area contributed by atoms with E-state index >= 15 is 0 Å². The molecule has 4 N–H and O–H groups in total. The van der Waals surface area contributed by atoms with Gasteiger partial charge < -0.3 is 14.8 Å². The molecule has 1 heterocycles. The van der Waals surface area contributed by atoms with E-state index in [1.807, 2.05) is 0 Å². The molecule has 10 heteroatoms. The SMILES string of the molecule is O=c1[nH]c(O)c(CNS(=O)(=O)c2ccc(Oc3ccc(Cl)cc3)cc2)[nH]1. The molecule has 0 aliphatic heterocycles. The van der Waals surface area contributed by atoms with Crippen molar-refractivity contribution < 1.29 is 18.3 Å². The number of H-pyrrole nitrogens is 2. The number of hydrogen-bond acceptors (Lipinski definition) is 5. The molecule has 2 aromatic carbocycles. The predicted molar refractivity (Wildman–Crippen MR) is 95.1 cm³/mol. The molecule has 0 amide bonds. The fraction of sp³-hybridized carbons (Fsp3) is 0.0625. The third kappa shape index (κ3) is 4.26. The van der Waals surface area contributed by atoms with Gasteiger partial charge in [0, 0.05) is 5.02 Å². The summed E-state index contributed by atoms with van der Waals surface area (Å²) < 4.78 is 32.4. The Morgan fingerprint density at radius 3 is 2.12 bits per heavy atom. The first-order chi connectivity index (χ1) is 12.3. The lowest BCUT2D eigenvalue weighted by Gasteiger charge is -2.08. The first-order valence-corrected chi connectivity index (χ1v) is 9.23. The van der Waals surface area contributed by atoms with Crippen LogP contribution in [0, 0.1) is 0 Å². The van der Waals surface area contributed by atoms with Crippen LogP contribution in [0.5, 0.6) is 17.4 Å². The fourth-order valence-electron chi connectivity index (χ4n) is 2.11.